The van der Waals surface area contributed by atoms with Gasteiger partial charge in [0.25, 0.3) is 10.0 Å². The Morgan fingerprint density at radius 1 is 1.24 bits per heavy atom. The van der Waals surface area contributed by atoms with Gasteiger partial charge in [-0.1, -0.05) is 37.5 Å². The third kappa shape index (κ3) is 6.12. The van der Waals surface area contributed by atoms with Crippen LogP contribution >= 0.6 is 0 Å². The summed E-state index contributed by atoms with van der Waals surface area (Å²) in [6, 6.07) is 10.2. The summed E-state index contributed by atoms with van der Waals surface area (Å²) in [5.74, 6) is 0.242. The number of hydrogen-bond donors (Lipinski definition) is 2. The highest BCUT2D eigenvalue weighted by Crippen LogP contribution is 2.34. The topological polar surface area (TPSA) is 111 Å². The number of sulfonamides is 1. The molecule has 0 aromatic heterocycles. The minimum absolute atomic E-state index is 0.0596. The molecule has 0 heterocycles. The third-order valence-corrected chi connectivity index (χ3v) is 6.99. The van der Waals surface area contributed by atoms with Crippen molar-refractivity contribution in [3.8, 4) is 6.07 Å². The van der Waals surface area contributed by atoms with Gasteiger partial charge in [-0.25, -0.2) is 0 Å². The molecule has 1 aromatic rings. The van der Waals surface area contributed by atoms with Crippen molar-refractivity contribution in [1.29, 1.82) is 5.26 Å². The number of carbonyl (C=O) groups is 1. The first kappa shape index (κ1) is 21.5. The van der Waals surface area contributed by atoms with Gasteiger partial charge in [0.15, 0.2) is 0 Å². The van der Waals surface area contributed by atoms with Crippen LogP contribution < -0.4 is 10.6 Å². The van der Waals surface area contributed by atoms with E-state index in [4.69, 9.17) is 0 Å². The molecule has 7 nitrogen and oxygen atoms in total. The molecule has 2 aliphatic carbocycles. The molecule has 0 saturated heterocycles. The van der Waals surface area contributed by atoms with Gasteiger partial charge in [0.05, 0.1) is 11.0 Å². The van der Waals surface area contributed by atoms with Crippen LogP contribution in [0.25, 0.3) is 0 Å². The average Bonchev–Trinajstić information content (AvgIpc) is 3.51. The normalized spacial score (nSPS) is 20.1. The lowest BCUT2D eigenvalue weighted by Gasteiger charge is -2.30. The largest absolute Gasteiger partial charge is 0.338 e. The summed E-state index contributed by atoms with van der Waals surface area (Å²) < 4.78 is 28.2. The fraction of sp³-hybridized carbons (Fsp3) is 0.571. The Morgan fingerprint density at radius 3 is 2.55 bits per heavy atom. The van der Waals surface area contributed by atoms with Crippen LogP contribution in [-0.2, 0) is 14.8 Å². The molecule has 2 saturated carbocycles. The fourth-order valence-corrected chi connectivity index (χ4v) is 4.74. The van der Waals surface area contributed by atoms with Crippen molar-refractivity contribution in [3.63, 3.8) is 0 Å². The smallest absolute Gasteiger partial charge is 0.282 e. The monoisotopic (exact) mass is 416 g/mol. The fourth-order valence-electron chi connectivity index (χ4n) is 3.84. The van der Waals surface area contributed by atoms with Crippen molar-refractivity contribution in [2.45, 2.75) is 67.8 Å². The second kappa shape index (κ2) is 9.51. The Morgan fingerprint density at radius 2 is 1.93 bits per heavy atom. The molecule has 2 N–H and O–H groups in total. The van der Waals surface area contributed by atoms with E-state index in [2.05, 4.69) is 21.1 Å². The average molecular weight is 417 g/mol. The van der Waals surface area contributed by atoms with Crippen LogP contribution in [0.4, 0.5) is 0 Å². The molecule has 1 aromatic carbocycles. The Balaban J connectivity index is 1.58. The summed E-state index contributed by atoms with van der Waals surface area (Å²) >= 11 is 0. The lowest BCUT2D eigenvalue weighted by molar-refractivity contribution is -0.122. The number of nitriles is 1. The minimum atomic E-state index is -3.71. The van der Waals surface area contributed by atoms with Gasteiger partial charge in [-0.3, -0.25) is 4.79 Å². The van der Waals surface area contributed by atoms with Crippen LogP contribution in [0.15, 0.2) is 39.6 Å². The van der Waals surface area contributed by atoms with Crippen LogP contribution in [0, 0.1) is 17.2 Å². The van der Waals surface area contributed by atoms with Crippen LogP contribution in [0.2, 0.25) is 0 Å². The molecule has 0 radical (unpaired) electrons. The SMILES string of the molecule is N#CC1(NC(=O)CC(NCC=NS(=O)(=O)c2ccccc2)C2CCCCC2)CC1. The van der Waals surface area contributed by atoms with E-state index in [-0.39, 0.29) is 29.8 Å². The first-order valence-electron chi connectivity index (χ1n) is 10.2. The van der Waals surface area contributed by atoms with Crippen molar-refractivity contribution in [2.24, 2.45) is 10.3 Å². The van der Waals surface area contributed by atoms with Gasteiger partial charge in [-0.2, -0.15) is 18.1 Å². The van der Waals surface area contributed by atoms with Gasteiger partial charge >= 0.3 is 0 Å². The summed E-state index contributed by atoms with van der Waals surface area (Å²) in [6.45, 7) is 0.268. The zero-order valence-electron chi connectivity index (χ0n) is 16.5. The number of hydrogen-bond acceptors (Lipinski definition) is 5. The maximum atomic E-state index is 12.5. The van der Waals surface area contributed by atoms with Crippen LogP contribution in [0.3, 0.4) is 0 Å². The lowest BCUT2D eigenvalue weighted by Crippen LogP contribution is -2.44. The van der Waals surface area contributed by atoms with E-state index in [0.717, 1.165) is 25.7 Å². The summed E-state index contributed by atoms with van der Waals surface area (Å²) in [7, 11) is -3.71. The van der Waals surface area contributed by atoms with Crippen molar-refractivity contribution in [3.05, 3.63) is 30.3 Å². The van der Waals surface area contributed by atoms with E-state index >= 15 is 0 Å². The van der Waals surface area contributed by atoms with Gasteiger partial charge < -0.3 is 10.6 Å². The summed E-state index contributed by atoms with van der Waals surface area (Å²) in [5.41, 5.74) is -0.667. The molecular weight excluding hydrogens is 388 g/mol. The molecule has 1 amide bonds. The Bertz CT molecular complexity index is 867. The van der Waals surface area contributed by atoms with Gasteiger partial charge in [0.2, 0.25) is 5.91 Å². The Labute approximate surface area is 172 Å². The number of benzene rings is 1. The molecule has 0 bridgehead atoms. The maximum absolute atomic E-state index is 12.5. The highest BCUT2D eigenvalue weighted by molar-refractivity contribution is 7.90. The van der Waals surface area contributed by atoms with E-state index < -0.39 is 15.6 Å². The summed E-state index contributed by atoms with van der Waals surface area (Å²) in [6.07, 6.45) is 8.65. The number of rotatable bonds is 9. The van der Waals surface area contributed by atoms with E-state index in [1.807, 2.05) is 0 Å². The van der Waals surface area contributed by atoms with Crippen molar-refractivity contribution < 1.29 is 13.2 Å². The lowest BCUT2D eigenvalue weighted by atomic mass is 9.82. The molecule has 0 aliphatic heterocycles. The quantitative estimate of drug-likeness (QED) is 0.601. The molecular formula is C21H28N4O3S. The van der Waals surface area contributed by atoms with Gasteiger partial charge in [0, 0.05) is 25.2 Å². The number of amides is 1. The predicted octanol–water partition coefficient (Wildman–Crippen LogP) is 2.55. The van der Waals surface area contributed by atoms with Crippen molar-refractivity contribution in [1.82, 2.24) is 10.6 Å². The molecule has 2 aliphatic rings. The Kier molecular flexibility index (Phi) is 7.04. The van der Waals surface area contributed by atoms with Crippen LogP contribution in [0.5, 0.6) is 0 Å². The highest BCUT2D eigenvalue weighted by atomic mass is 32.2. The van der Waals surface area contributed by atoms with Crippen LogP contribution in [0.1, 0.15) is 51.4 Å². The predicted molar refractivity (Wildman–Crippen MR) is 111 cm³/mol. The molecule has 0 spiro atoms. The maximum Gasteiger partial charge on any atom is 0.282 e. The first-order valence-corrected chi connectivity index (χ1v) is 11.7. The second-order valence-electron chi connectivity index (χ2n) is 7.94. The summed E-state index contributed by atoms with van der Waals surface area (Å²) in [4.78, 5) is 12.6. The van der Waals surface area contributed by atoms with E-state index in [9.17, 15) is 18.5 Å². The molecule has 156 valence electrons. The second-order valence-corrected chi connectivity index (χ2v) is 9.57. The number of nitrogens with one attached hydrogen (secondary N) is 2. The molecule has 8 heteroatoms. The van der Waals surface area contributed by atoms with E-state index in [0.29, 0.717) is 18.8 Å². The standard InChI is InChI=1S/C21H28N4O3S/c22-16-21(11-12-21)25-20(26)15-19(17-7-3-1-4-8-17)23-13-14-24-29(27,28)18-9-5-2-6-10-18/h2,5-6,9-10,14,17,19,23H,1,3-4,7-8,11-13,15H2,(H,25,26). The van der Waals surface area contributed by atoms with E-state index in [1.165, 1.54) is 24.8 Å². The summed E-state index contributed by atoms with van der Waals surface area (Å²) in [5, 5.41) is 15.3. The number of carbonyl (C=O) groups excluding carboxylic acids is 1. The van der Waals surface area contributed by atoms with Crippen LogP contribution in [-0.4, -0.2) is 38.7 Å². The molecule has 1 unspecified atom stereocenters. The van der Waals surface area contributed by atoms with Crippen molar-refractivity contribution >= 4 is 22.1 Å². The molecule has 1 atom stereocenters. The number of nitrogens with zero attached hydrogens (tertiary/aromatic N) is 2. The van der Waals surface area contributed by atoms with Gasteiger partial charge in [-0.05, 0) is 43.7 Å². The van der Waals surface area contributed by atoms with E-state index in [1.54, 1.807) is 18.2 Å². The molecule has 29 heavy (non-hydrogen) atoms. The molecule has 3 rings (SSSR count). The van der Waals surface area contributed by atoms with Gasteiger partial charge in [0.1, 0.15) is 5.54 Å². The minimum Gasteiger partial charge on any atom is -0.338 e. The third-order valence-electron chi connectivity index (χ3n) is 5.69. The van der Waals surface area contributed by atoms with Crippen molar-refractivity contribution in [2.75, 3.05) is 6.54 Å². The highest BCUT2D eigenvalue weighted by Gasteiger charge is 2.44. The first-order chi connectivity index (χ1) is 13.9. The Hall–Kier alpha value is -2.24. The zero-order valence-corrected chi connectivity index (χ0v) is 17.3. The van der Waals surface area contributed by atoms with Gasteiger partial charge in [-0.15, -0.1) is 0 Å². The molecule has 2 fully saturated rings. The zero-order chi connectivity index (χ0) is 20.7.